The van der Waals surface area contributed by atoms with Crippen molar-refractivity contribution in [1.29, 1.82) is 0 Å². The normalized spacial score (nSPS) is 22.2. The molecule has 0 unspecified atom stereocenters. The minimum absolute atomic E-state index is 0.459. The van der Waals surface area contributed by atoms with Crippen molar-refractivity contribution in [3.05, 3.63) is 17.6 Å². The van der Waals surface area contributed by atoms with Crippen LogP contribution in [-0.2, 0) is 4.74 Å². The molecule has 5 nitrogen and oxygen atoms in total. The minimum atomic E-state index is 0.459. The Hall–Kier alpha value is -1.20. The van der Waals surface area contributed by atoms with Crippen LogP contribution in [0.3, 0.4) is 0 Å². The summed E-state index contributed by atoms with van der Waals surface area (Å²) in [6.07, 6.45) is 1.80. The van der Waals surface area contributed by atoms with Crippen LogP contribution in [0.5, 0.6) is 0 Å². The Bertz CT molecular complexity index is 424. The van der Waals surface area contributed by atoms with Gasteiger partial charge in [0, 0.05) is 31.4 Å². The highest BCUT2D eigenvalue weighted by molar-refractivity contribution is 5.39. The largest absolute Gasteiger partial charge is 0.379 e. The van der Waals surface area contributed by atoms with E-state index in [0.29, 0.717) is 12.1 Å². The summed E-state index contributed by atoms with van der Waals surface area (Å²) in [7, 11) is 0. The molecule has 2 atom stereocenters. The number of hydrogen-bond acceptors (Lipinski definition) is 5. The van der Waals surface area contributed by atoms with E-state index in [9.17, 15) is 0 Å². The highest BCUT2D eigenvalue weighted by atomic mass is 16.5. The number of morpholine rings is 1. The number of nitrogens with zero attached hydrogens (tertiary/aromatic N) is 3. The van der Waals surface area contributed by atoms with Crippen LogP contribution in [0.25, 0.3) is 0 Å². The molecule has 2 rings (SSSR count). The van der Waals surface area contributed by atoms with E-state index in [2.05, 4.69) is 34.0 Å². The van der Waals surface area contributed by atoms with Gasteiger partial charge in [-0.25, -0.2) is 4.98 Å². The number of nitrogens with one attached hydrogen (secondary N) is 1. The molecule has 19 heavy (non-hydrogen) atoms. The van der Waals surface area contributed by atoms with Crippen molar-refractivity contribution >= 4 is 5.82 Å². The zero-order valence-corrected chi connectivity index (χ0v) is 12.3. The smallest absolute Gasteiger partial charge is 0.147 e. The van der Waals surface area contributed by atoms with Gasteiger partial charge in [-0.3, -0.25) is 9.88 Å². The van der Waals surface area contributed by atoms with Crippen LogP contribution < -0.4 is 5.32 Å². The quantitative estimate of drug-likeness (QED) is 0.895. The fourth-order valence-corrected chi connectivity index (χ4v) is 2.46. The first-order valence-corrected chi connectivity index (χ1v) is 6.95. The lowest BCUT2D eigenvalue weighted by molar-refractivity contribution is -0.0159. The molecule has 0 aromatic carbocycles. The van der Waals surface area contributed by atoms with Crippen molar-refractivity contribution in [3.63, 3.8) is 0 Å². The Morgan fingerprint density at radius 1 is 1.53 bits per heavy atom. The SMILES string of the molecule is Cc1cnc(C)c(NC[C@@H](C)N2CCOC[C@@H]2C)n1. The molecule has 1 aromatic heterocycles. The summed E-state index contributed by atoms with van der Waals surface area (Å²) < 4.78 is 5.48. The van der Waals surface area contributed by atoms with E-state index in [4.69, 9.17) is 4.74 Å². The molecule has 0 aliphatic carbocycles. The molecule has 1 fully saturated rings. The van der Waals surface area contributed by atoms with Crippen molar-refractivity contribution in [3.8, 4) is 0 Å². The van der Waals surface area contributed by atoms with Gasteiger partial charge >= 0.3 is 0 Å². The Balaban J connectivity index is 1.92. The summed E-state index contributed by atoms with van der Waals surface area (Å²) in [6, 6.07) is 0.941. The van der Waals surface area contributed by atoms with Crippen LogP contribution in [0.2, 0.25) is 0 Å². The van der Waals surface area contributed by atoms with Crippen molar-refractivity contribution in [2.45, 2.75) is 39.8 Å². The van der Waals surface area contributed by atoms with E-state index >= 15 is 0 Å². The molecular formula is C14H24N4O. The molecular weight excluding hydrogens is 240 g/mol. The van der Waals surface area contributed by atoms with E-state index < -0.39 is 0 Å². The molecule has 106 valence electrons. The van der Waals surface area contributed by atoms with Gasteiger partial charge in [0.1, 0.15) is 5.82 Å². The first-order chi connectivity index (χ1) is 9.08. The molecule has 5 heteroatoms. The number of ether oxygens (including phenoxy) is 1. The molecule has 0 spiro atoms. The van der Waals surface area contributed by atoms with Crippen molar-refractivity contribution < 1.29 is 4.74 Å². The van der Waals surface area contributed by atoms with Gasteiger partial charge in [0.15, 0.2) is 0 Å². The Morgan fingerprint density at radius 2 is 2.32 bits per heavy atom. The predicted octanol–water partition coefficient (Wildman–Crippen LogP) is 1.61. The Labute approximate surface area is 115 Å². The van der Waals surface area contributed by atoms with E-state index in [-0.39, 0.29) is 0 Å². The van der Waals surface area contributed by atoms with Crippen LogP contribution in [0.1, 0.15) is 25.2 Å². The third-order valence-corrected chi connectivity index (χ3v) is 3.63. The first-order valence-electron chi connectivity index (χ1n) is 6.95. The summed E-state index contributed by atoms with van der Waals surface area (Å²) >= 11 is 0. The van der Waals surface area contributed by atoms with E-state index in [0.717, 1.165) is 43.5 Å². The molecule has 1 aliphatic rings. The van der Waals surface area contributed by atoms with Crippen LogP contribution in [0.15, 0.2) is 6.20 Å². The van der Waals surface area contributed by atoms with Gasteiger partial charge in [-0.1, -0.05) is 0 Å². The van der Waals surface area contributed by atoms with Crippen LogP contribution in [0.4, 0.5) is 5.82 Å². The molecule has 1 aliphatic heterocycles. The third kappa shape index (κ3) is 3.64. The molecule has 0 radical (unpaired) electrons. The summed E-state index contributed by atoms with van der Waals surface area (Å²) in [6.45, 7) is 11.9. The Kier molecular flexibility index (Phi) is 4.71. The summed E-state index contributed by atoms with van der Waals surface area (Å²) in [4.78, 5) is 11.3. The molecule has 1 aromatic rings. The molecule has 1 N–H and O–H groups in total. The highest BCUT2D eigenvalue weighted by Gasteiger charge is 2.23. The van der Waals surface area contributed by atoms with Gasteiger partial charge in [0.25, 0.3) is 0 Å². The van der Waals surface area contributed by atoms with Crippen LogP contribution in [-0.4, -0.2) is 53.3 Å². The lowest BCUT2D eigenvalue weighted by Gasteiger charge is -2.38. The first kappa shape index (κ1) is 14.2. The van der Waals surface area contributed by atoms with Crippen LogP contribution >= 0.6 is 0 Å². The third-order valence-electron chi connectivity index (χ3n) is 3.63. The van der Waals surface area contributed by atoms with Gasteiger partial charge in [0.2, 0.25) is 0 Å². The maximum Gasteiger partial charge on any atom is 0.147 e. The monoisotopic (exact) mass is 264 g/mol. The molecule has 2 heterocycles. The van der Waals surface area contributed by atoms with Crippen molar-refractivity contribution in [1.82, 2.24) is 14.9 Å². The number of rotatable bonds is 4. The topological polar surface area (TPSA) is 50.3 Å². The molecule has 1 saturated heterocycles. The van der Waals surface area contributed by atoms with E-state index in [1.54, 1.807) is 6.20 Å². The number of aromatic nitrogens is 2. The second-order valence-electron chi connectivity index (χ2n) is 5.34. The number of anilines is 1. The zero-order valence-electron chi connectivity index (χ0n) is 12.3. The fourth-order valence-electron chi connectivity index (χ4n) is 2.46. The van der Waals surface area contributed by atoms with E-state index in [1.807, 2.05) is 13.8 Å². The summed E-state index contributed by atoms with van der Waals surface area (Å²) in [5.74, 6) is 0.896. The Morgan fingerprint density at radius 3 is 3.05 bits per heavy atom. The molecule has 0 bridgehead atoms. The standard InChI is InChI=1S/C14H24N4O/c1-10-7-15-13(4)14(17-10)16-8-11(2)18-5-6-19-9-12(18)3/h7,11-12H,5-6,8-9H2,1-4H3,(H,16,17)/t11-,12+/m1/s1. The second-order valence-corrected chi connectivity index (χ2v) is 5.34. The maximum atomic E-state index is 5.48. The average molecular weight is 264 g/mol. The number of hydrogen-bond donors (Lipinski definition) is 1. The fraction of sp³-hybridized carbons (Fsp3) is 0.714. The molecule has 0 amide bonds. The van der Waals surface area contributed by atoms with E-state index in [1.165, 1.54) is 0 Å². The van der Waals surface area contributed by atoms with Crippen molar-refractivity contribution in [2.75, 3.05) is 31.6 Å². The zero-order chi connectivity index (χ0) is 13.8. The highest BCUT2D eigenvalue weighted by Crippen LogP contribution is 2.13. The van der Waals surface area contributed by atoms with Gasteiger partial charge in [-0.2, -0.15) is 0 Å². The minimum Gasteiger partial charge on any atom is -0.379 e. The average Bonchev–Trinajstić information content (AvgIpc) is 2.40. The predicted molar refractivity (Wildman–Crippen MR) is 76.4 cm³/mol. The summed E-state index contributed by atoms with van der Waals surface area (Å²) in [5.41, 5.74) is 1.90. The van der Waals surface area contributed by atoms with Gasteiger partial charge < -0.3 is 10.1 Å². The number of aryl methyl sites for hydroxylation is 2. The van der Waals surface area contributed by atoms with Gasteiger partial charge in [-0.15, -0.1) is 0 Å². The summed E-state index contributed by atoms with van der Waals surface area (Å²) in [5, 5.41) is 3.42. The lowest BCUT2D eigenvalue weighted by atomic mass is 10.2. The van der Waals surface area contributed by atoms with Crippen molar-refractivity contribution in [2.24, 2.45) is 0 Å². The maximum absolute atomic E-state index is 5.48. The lowest BCUT2D eigenvalue weighted by Crippen LogP contribution is -2.50. The molecule has 0 saturated carbocycles. The second kappa shape index (κ2) is 6.30. The van der Waals surface area contributed by atoms with Crippen LogP contribution in [0, 0.1) is 13.8 Å². The van der Waals surface area contributed by atoms with Gasteiger partial charge in [-0.05, 0) is 27.7 Å². The van der Waals surface area contributed by atoms with Gasteiger partial charge in [0.05, 0.1) is 24.6 Å².